The number of rotatable bonds is 3. The number of urea groups is 1. The van der Waals surface area contributed by atoms with Crippen LogP contribution in [0.5, 0.6) is 0 Å². The molecule has 30 heavy (non-hydrogen) atoms. The Kier molecular flexibility index (Phi) is 4.98. The molecule has 0 aromatic heterocycles. The Bertz CT molecular complexity index is 814. The Hall–Kier alpha value is -2.12. The van der Waals surface area contributed by atoms with Gasteiger partial charge < -0.3 is 24.2 Å². The monoisotopic (exact) mass is 413 g/mol. The third kappa shape index (κ3) is 3.58. The standard InChI is InChI=1S/C23H31N3O4/c1-23(29-2)14-26(15-23)19-5-3-16(4-6-19)18-11-25(12-18)22(28)24-8-7-21-17(10-24)9-20(27)13-30-21/h3-6,17-18,21H,7-15H2,1-2H3/t17-,21+/m1/s1. The molecule has 4 heterocycles. The number of hydrogen-bond acceptors (Lipinski definition) is 5. The quantitative estimate of drug-likeness (QED) is 0.760. The Morgan fingerprint density at radius 1 is 1.13 bits per heavy atom. The second kappa shape index (κ2) is 7.54. The highest BCUT2D eigenvalue weighted by atomic mass is 16.5. The Balaban J connectivity index is 1.12. The third-order valence-corrected chi connectivity index (χ3v) is 7.31. The van der Waals surface area contributed by atoms with Gasteiger partial charge in [-0.05, 0) is 31.0 Å². The van der Waals surface area contributed by atoms with Gasteiger partial charge in [-0.25, -0.2) is 4.79 Å². The number of piperidine rings is 1. The maximum Gasteiger partial charge on any atom is 0.320 e. The number of fused-ring (bicyclic) bond motifs is 1. The predicted molar refractivity (Wildman–Crippen MR) is 113 cm³/mol. The van der Waals surface area contributed by atoms with Gasteiger partial charge in [0.2, 0.25) is 0 Å². The molecule has 162 valence electrons. The number of likely N-dealkylation sites (tertiary alicyclic amines) is 2. The Morgan fingerprint density at radius 3 is 2.57 bits per heavy atom. The molecule has 1 aromatic carbocycles. The first-order chi connectivity index (χ1) is 14.4. The molecule has 4 fully saturated rings. The minimum absolute atomic E-state index is 0.0288. The van der Waals surface area contributed by atoms with Gasteiger partial charge in [0.15, 0.2) is 5.78 Å². The maximum atomic E-state index is 12.9. The lowest BCUT2D eigenvalue weighted by Crippen LogP contribution is -2.61. The van der Waals surface area contributed by atoms with Crippen molar-refractivity contribution in [2.24, 2.45) is 5.92 Å². The zero-order chi connectivity index (χ0) is 20.9. The van der Waals surface area contributed by atoms with E-state index in [0.717, 1.165) is 39.1 Å². The first kappa shape index (κ1) is 19.8. The molecule has 4 saturated heterocycles. The van der Waals surface area contributed by atoms with Crippen LogP contribution >= 0.6 is 0 Å². The number of ketones is 1. The normalized spacial score (nSPS) is 28.6. The van der Waals surface area contributed by atoms with Crippen molar-refractivity contribution in [3.63, 3.8) is 0 Å². The largest absolute Gasteiger partial charge is 0.375 e. The number of ether oxygens (including phenoxy) is 2. The molecule has 2 atom stereocenters. The van der Waals surface area contributed by atoms with Crippen molar-refractivity contribution < 1.29 is 19.1 Å². The number of anilines is 1. The average molecular weight is 414 g/mol. The molecule has 2 amide bonds. The average Bonchev–Trinajstić information content (AvgIpc) is 2.70. The number of hydrogen-bond donors (Lipinski definition) is 0. The summed E-state index contributed by atoms with van der Waals surface area (Å²) in [5, 5.41) is 0. The second-order valence-electron chi connectivity index (χ2n) is 9.57. The van der Waals surface area contributed by atoms with E-state index in [1.165, 1.54) is 11.3 Å². The highest BCUT2D eigenvalue weighted by Gasteiger charge is 2.41. The number of benzene rings is 1. The first-order valence-corrected chi connectivity index (χ1v) is 11.0. The van der Waals surface area contributed by atoms with Crippen LogP contribution in [0.25, 0.3) is 0 Å². The molecule has 4 aliphatic rings. The lowest BCUT2D eigenvalue weighted by molar-refractivity contribution is -0.140. The van der Waals surface area contributed by atoms with E-state index in [9.17, 15) is 9.59 Å². The Labute approximate surface area is 177 Å². The molecule has 0 radical (unpaired) electrons. The maximum absolute atomic E-state index is 12.9. The number of carbonyl (C=O) groups excluding carboxylic acids is 2. The van der Waals surface area contributed by atoms with Crippen LogP contribution in [-0.4, -0.2) is 86.3 Å². The van der Waals surface area contributed by atoms with Gasteiger partial charge in [-0.1, -0.05) is 12.1 Å². The van der Waals surface area contributed by atoms with Crippen molar-refractivity contribution in [3.05, 3.63) is 29.8 Å². The molecule has 4 aliphatic heterocycles. The number of Topliss-reactive ketones (excluding diaryl/α,β-unsaturated/α-hetero) is 1. The Morgan fingerprint density at radius 2 is 1.87 bits per heavy atom. The van der Waals surface area contributed by atoms with Gasteiger partial charge in [0.25, 0.3) is 0 Å². The van der Waals surface area contributed by atoms with Crippen LogP contribution in [-0.2, 0) is 14.3 Å². The number of carbonyl (C=O) groups is 2. The molecule has 0 unspecified atom stereocenters. The summed E-state index contributed by atoms with van der Waals surface area (Å²) in [5.41, 5.74) is 2.49. The van der Waals surface area contributed by atoms with Crippen LogP contribution in [0.3, 0.4) is 0 Å². The molecular formula is C23H31N3O4. The summed E-state index contributed by atoms with van der Waals surface area (Å²) in [6.07, 6.45) is 1.52. The van der Waals surface area contributed by atoms with Gasteiger partial charge >= 0.3 is 6.03 Å². The van der Waals surface area contributed by atoms with Gasteiger partial charge in [-0.3, -0.25) is 4.79 Å². The van der Waals surface area contributed by atoms with Gasteiger partial charge in [-0.15, -0.1) is 0 Å². The fourth-order valence-corrected chi connectivity index (χ4v) is 5.23. The zero-order valence-electron chi connectivity index (χ0n) is 17.9. The van der Waals surface area contributed by atoms with Crippen LogP contribution in [0.15, 0.2) is 24.3 Å². The van der Waals surface area contributed by atoms with E-state index < -0.39 is 0 Å². The molecule has 0 N–H and O–H groups in total. The molecule has 5 rings (SSSR count). The zero-order valence-corrected chi connectivity index (χ0v) is 17.9. The smallest absolute Gasteiger partial charge is 0.320 e. The molecule has 0 saturated carbocycles. The van der Waals surface area contributed by atoms with E-state index in [0.29, 0.717) is 18.9 Å². The highest BCUT2D eigenvalue weighted by Crippen LogP contribution is 2.34. The van der Waals surface area contributed by atoms with Gasteiger partial charge in [0.1, 0.15) is 6.61 Å². The molecular weight excluding hydrogens is 382 g/mol. The van der Waals surface area contributed by atoms with Crippen LogP contribution in [0.1, 0.15) is 31.2 Å². The van der Waals surface area contributed by atoms with Gasteiger partial charge in [0.05, 0.1) is 11.7 Å². The summed E-state index contributed by atoms with van der Waals surface area (Å²) in [7, 11) is 1.77. The van der Waals surface area contributed by atoms with Crippen molar-refractivity contribution in [2.75, 3.05) is 57.9 Å². The number of methoxy groups -OCH3 is 1. The van der Waals surface area contributed by atoms with E-state index in [1.54, 1.807) is 7.11 Å². The van der Waals surface area contributed by atoms with Gasteiger partial charge in [-0.2, -0.15) is 0 Å². The predicted octanol–water partition coefficient (Wildman–Crippen LogP) is 2.11. The van der Waals surface area contributed by atoms with Crippen molar-refractivity contribution >= 4 is 17.5 Å². The van der Waals surface area contributed by atoms with E-state index in [2.05, 4.69) is 36.1 Å². The van der Waals surface area contributed by atoms with Crippen molar-refractivity contribution in [2.45, 2.75) is 37.4 Å². The summed E-state index contributed by atoms with van der Waals surface area (Å²) < 4.78 is 11.2. The van der Waals surface area contributed by atoms with E-state index in [1.807, 2.05) is 9.80 Å². The van der Waals surface area contributed by atoms with E-state index in [4.69, 9.17) is 9.47 Å². The van der Waals surface area contributed by atoms with Crippen LogP contribution in [0.2, 0.25) is 0 Å². The van der Waals surface area contributed by atoms with Gasteiger partial charge in [0, 0.05) is 70.3 Å². The van der Waals surface area contributed by atoms with Crippen LogP contribution in [0, 0.1) is 5.92 Å². The lowest BCUT2D eigenvalue weighted by atomic mass is 9.87. The topological polar surface area (TPSA) is 62.3 Å². The minimum Gasteiger partial charge on any atom is -0.375 e. The van der Waals surface area contributed by atoms with Crippen molar-refractivity contribution in [1.29, 1.82) is 0 Å². The van der Waals surface area contributed by atoms with Crippen molar-refractivity contribution in [1.82, 2.24) is 9.80 Å². The lowest BCUT2D eigenvalue weighted by Gasteiger charge is -2.48. The van der Waals surface area contributed by atoms with Crippen LogP contribution < -0.4 is 4.90 Å². The molecule has 0 aliphatic carbocycles. The molecule has 7 heteroatoms. The number of amides is 2. The summed E-state index contributed by atoms with van der Waals surface area (Å²) in [4.78, 5) is 30.8. The summed E-state index contributed by atoms with van der Waals surface area (Å²) in [6.45, 7) is 7.12. The van der Waals surface area contributed by atoms with E-state index >= 15 is 0 Å². The molecule has 1 aromatic rings. The second-order valence-corrected chi connectivity index (χ2v) is 9.57. The first-order valence-electron chi connectivity index (χ1n) is 11.0. The van der Waals surface area contributed by atoms with E-state index in [-0.39, 0.29) is 36.0 Å². The fourth-order valence-electron chi connectivity index (χ4n) is 5.23. The van der Waals surface area contributed by atoms with Crippen molar-refractivity contribution in [3.8, 4) is 0 Å². The molecule has 0 bridgehead atoms. The SMILES string of the molecule is COC1(C)CN(c2ccc(C3CN(C(=O)N4CC[C@@H]5OCC(=O)C[C@@H]5C4)C3)cc2)C1. The van der Waals surface area contributed by atoms with Crippen LogP contribution in [0.4, 0.5) is 10.5 Å². The molecule has 0 spiro atoms. The third-order valence-electron chi connectivity index (χ3n) is 7.31. The number of nitrogens with zero attached hydrogens (tertiary/aromatic N) is 3. The highest BCUT2D eigenvalue weighted by molar-refractivity contribution is 5.81. The minimum atomic E-state index is -0.0288. The molecule has 7 nitrogen and oxygen atoms in total. The summed E-state index contributed by atoms with van der Waals surface area (Å²) >= 11 is 0. The fraction of sp³-hybridized carbons (Fsp3) is 0.652. The summed E-state index contributed by atoms with van der Waals surface area (Å²) in [5.74, 6) is 0.721. The summed E-state index contributed by atoms with van der Waals surface area (Å²) in [6, 6.07) is 8.86.